The van der Waals surface area contributed by atoms with Crippen molar-refractivity contribution in [3.63, 3.8) is 0 Å². The summed E-state index contributed by atoms with van der Waals surface area (Å²) in [4.78, 5) is 8.23. The SMILES string of the molecule is c1cnc(C2CCCCO2)cn1. The lowest BCUT2D eigenvalue weighted by molar-refractivity contribution is 0.0121. The second kappa shape index (κ2) is 3.63. The zero-order chi connectivity index (χ0) is 8.23. The van der Waals surface area contributed by atoms with Crippen LogP contribution in [0, 0.1) is 0 Å². The molecular weight excluding hydrogens is 152 g/mol. The Labute approximate surface area is 71.8 Å². The van der Waals surface area contributed by atoms with Crippen molar-refractivity contribution >= 4 is 0 Å². The van der Waals surface area contributed by atoms with E-state index in [1.54, 1.807) is 18.6 Å². The van der Waals surface area contributed by atoms with Gasteiger partial charge in [0.2, 0.25) is 0 Å². The van der Waals surface area contributed by atoms with Crippen molar-refractivity contribution in [2.45, 2.75) is 25.4 Å². The standard InChI is InChI=1S/C9H12N2O/c1-2-6-12-9(3-1)8-7-10-4-5-11-8/h4-5,7,9H,1-3,6H2. The van der Waals surface area contributed by atoms with Crippen molar-refractivity contribution in [3.05, 3.63) is 24.3 Å². The molecule has 0 radical (unpaired) electrons. The van der Waals surface area contributed by atoms with Gasteiger partial charge in [0, 0.05) is 19.0 Å². The number of aromatic nitrogens is 2. The first kappa shape index (κ1) is 7.68. The molecule has 1 saturated heterocycles. The average molecular weight is 164 g/mol. The molecule has 2 rings (SSSR count). The molecule has 3 nitrogen and oxygen atoms in total. The Kier molecular flexibility index (Phi) is 2.32. The molecule has 1 aromatic heterocycles. The summed E-state index contributed by atoms with van der Waals surface area (Å²) in [6, 6.07) is 0. The van der Waals surface area contributed by atoms with Gasteiger partial charge >= 0.3 is 0 Å². The van der Waals surface area contributed by atoms with Gasteiger partial charge in [0.1, 0.15) is 6.10 Å². The first-order chi connectivity index (χ1) is 5.97. The highest BCUT2D eigenvalue weighted by Crippen LogP contribution is 2.25. The quantitative estimate of drug-likeness (QED) is 0.634. The Balaban J connectivity index is 2.08. The van der Waals surface area contributed by atoms with Gasteiger partial charge in [-0.2, -0.15) is 0 Å². The summed E-state index contributed by atoms with van der Waals surface area (Å²) in [5.74, 6) is 0. The summed E-state index contributed by atoms with van der Waals surface area (Å²) in [6.07, 6.45) is 8.87. The van der Waals surface area contributed by atoms with Gasteiger partial charge in [0.05, 0.1) is 11.9 Å². The molecule has 0 spiro atoms. The van der Waals surface area contributed by atoms with Crippen LogP contribution in [-0.4, -0.2) is 16.6 Å². The third-order valence-corrected chi connectivity index (χ3v) is 2.09. The third kappa shape index (κ3) is 1.61. The van der Waals surface area contributed by atoms with E-state index in [4.69, 9.17) is 4.74 Å². The minimum Gasteiger partial charge on any atom is -0.372 e. The highest BCUT2D eigenvalue weighted by atomic mass is 16.5. The lowest BCUT2D eigenvalue weighted by atomic mass is 10.1. The molecule has 1 aliphatic rings. The van der Waals surface area contributed by atoms with Crippen LogP contribution in [0.25, 0.3) is 0 Å². The highest BCUT2D eigenvalue weighted by Gasteiger charge is 2.16. The van der Waals surface area contributed by atoms with Crippen LogP contribution in [0.15, 0.2) is 18.6 Å². The second-order valence-corrected chi connectivity index (χ2v) is 2.99. The number of hydrogen-bond acceptors (Lipinski definition) is 3. The molecular formula is C9H12N2O. The first-order valence-corrected chi connectivity index (χ1v) is 4.34. The third-order valence-electron chi connectivity index (χ3n) is 2.09. The van der Waals surface area contributed by atoms with E-state index in [2.05, 4.69) is 9.97 Å². The summed E-state index contributed by atoms with van der Waals surface area (Å²) >= 11 is 0. The molecule has 12 heavy (non-hydrogen) atoms. The van der Waals surface area contributed by atoms with Gasteiger partial charge in [-0.1, -0.05) is 0 Å². The Morgan fingerprint density at radius 3 is 3.00 bits per heavy atom. The maximum absolute atomic E-state index is 5.56. The van der Waals surface area contributed by atoms with Crippen molar-refractivity contribution in [3.8, 4) is 0 Å². The van der Waals surface area contributed by atoms with Crippen molar-refractivity contribution in [2.75, 3.05) is 6.61 Å². The molecule has 1 unspecified atom stereocenters. The van der Waals surface area contributed by atoms with Crippen LogP contribution in [0.1, 0.15) is 31.1 Å². The lowest BCUT2D eigenvalue weighted by Crippen LogP contribution is -2.12. The van der Waals surface area contributed by atoms with Gasteiger partial charge in [0.15, 0.2) is 0 Å². The molecule has 1 aliphatic heterocycles. The second-order valence-electron chi connectivity index (χ2n) is 2.99. The van der Waals surface area contributed by atoms with Crippen molar-refractivity contribution < 1.29 is 4.74 Å². The van der Waals surface area contributed by atoms with Crippen LogP contribution < -0.4 is 0 Å². The molecule has 2 heterocycles. The average Bonchev–Trinajstić information content (AvgIpc) is 2.21. The monoisotopic (exact) mass is 164 g/mol. The van der Waals surface area contributed by atoms with Gasteiger partial charge < -0.3 is 4.74 Å². The minimum absolute atomic E-state index is 0.187. The van der Waals surface area contributed by atoms with Gasteiger partial charge in [-0.25, -0.2) is 0 Å². The Bertz CT molecular complexity index is 232. The lowest BCUT2D eigenvalue weighted by Gasteiger charge is -2.21. The largest absolute Gasteiger partial charge is 0.372 e. The van der Waals surface area contributed by atoms with E-state index in [0.717, 1.165) is 18.7 Å². The van der Waals surface area contributed by atoms with Gasteiger partial charge in [-0.3, -0.25) is 9.97 Å². The predicted octanol–water partition coefficient (Wildman–Crippen LogP) is 1.72. The van der Waals surface area contributed by atoms with Gasteiger partial charge in [0.25, 0.3) is 0 Å². The Morgan fingerprint density at radius 1 is 1.33 bits per heavy atom. The van der Waals surface area contributed by atoms with Gasteiger partial charge in [-0.15, -0.1) is 0 Å². The molecule has 0 aromatic carbocycles. The summed E-state index contributed by atoms with van der Waals surface area (Å²) in [5, 5.41) is 0. The highest BCUT2D eigenvalue weighted by molar-refractivity contribution is 5.00. The molecule has 3 heteroatoms. The molecule has 64 valence electrons. The zero-order valence-corrected chi connectivity index (χ0v) is 6.94. The number of rotatable bonds is 1. The topological polar surface area (TPSA) is 35.0 Å². The first-order valence-electron chi connectivity index (χ1n) is 4.34. The zero-order valence-electron chi connectivity index (χ0n) is 6.94. The Morgan fingerprint density at radius 2 is 2.33 bits per heavy atom. The van der Waals surface area contributed by atoms with Crippen LogP contribution >= 0.6 is 0 Å². The van der Waals surface area contributed by atoms with E-state index < -0.39 is 0 Å². The van der Waals surface area contributed by atoms with E-state index in [0.29, 0.717) is 0 Å². The molecule has 1 aromatic rings. The number of ether oxygens (including phenoxy) is 1. The molecule has 0 amide bonds. The predicted molar refractivity (Wildman–Crippen MR) is 44.6 cm³/mol. The fourth-order valence-corrected chi connectivity index (χ4v) is 1.45. The van der Waals surface area contributed by atoms with Gasteiger partial charge in [-0.05, 0) is 19.3 Å². The fraction of sp³-hybridized carbons (Fsp3) is 0.556. The molecule has 0 N–H and O–H groups in total. The summed E-state index contributed by atoms with van der Waals surface area (Å²) in [6.45, 7) is 0.862. The molecule has 1 fully saturated rings. The van der Waals surface area contributed by atoms with Crippen LogP contribution in [0.2, 0.25) is 0 Å². The van der Waals surface area contributed by atoms with Crippen molar-refractivity contribution in [1.29, 1.82) is 0 Å². The van der Waals surface area contributed by atoms with E-state index in [-0.39, 0.29) is 6.10 Å². The summed E-state index contributed by atoms with van der Waals surface area (Å²) in [7, 11) is 0. The van der Waals surface area contributed by atoms with Crippen molar-refractivity contribution in [1.82, 2.24) is 9.97 Å². The molecule has 0 saturated carbocycles. The van der Waals surface area contributed by atoms with Crippen LogP contribution in [0.3, 0.4) is 0 Å². The van der Waals surface area contributed by atoms with Crippen molar-refractivity contribution in [2.24, 2.45) is 0 Å². The van der Waals surface area contributed by atoms with Crippen LogP contribution in [-0.2, 0) is 4.74 Å². The maximum atomic E-state index is 5.56. The number of nitrogens with zero attached hydrogens (tertiary/aromatic N) is 2. The number of hydrogen-bond donors (Lipinski definition) is 0. The maximum Gasteiger partial charge on any atom is 0.101 e. The van der Waals surface area contributed by atoms with E-state index >= 15 is 0 Å². The van der Waals surface area contributed by atoms with E-state index in [1.807, 2.05) is 0 Å². The summed E-state index contributed by atoms with van der Waals surface area (Å²) in [5.41, 5.74) is 0.970. The molecule has 0 aliphatic carbocycles. The fourth-order valence-electron chi connectivity index (χ4n) is 1.45. The normalized spacial score (nSPS) is 23.8. The molecule has 1 atom stereocenters. The van der Waals surface area contributed by atoms with Crippen LogP contribution in [0.5, 0.6) is 0 Å². The van der Waals surface area contributed by atoms with E-state index in [1.165, 1.54) is 12.8 Å². The minimum atomic E-state index is 0.187. The Hall–Kier alpha value is -0.960. The summed E-state index contributed by atoms with van der Waals surface area (Å²) < 4.78 is 5.56. The van der Waals surface area contributed by atoms with E-state index in [9.17, 15) is 0 Å². The smallest absolute Gasteiger partial charge is 0.101 e. The van der Waals surface area contributed by atoms with Crippen LogP contribution in [0.4, 0.5) is 0 Å². The molecule has 0 bridgehead atoms.